The molecule has 0 aromatic carbocycles. The lowest BCUT2D eigenvalue weighted by atomic mass is 10.0. The zero-order valence-corrected chi connectivity index (χ0v) is 10.4. The molecule has 2 N–H and O–H groups in total. The Morgan fingerprint density at radius 1 is 1.50 bits per heavy atom. The number of likely N-dealkylation sites (tertiary alicyclic amines) is 1. The molecule has 16 heavy (non-hydrogen) atoms. The molecule has 0 saturated carbocycles. The van der Waals surface area contributed by atoms with Crippen LogP contribution in [0.4, 0.5) is 0 Å². The van der Waals surface area contributed by atoms with Crippen LogP contribution in [0.15, 0.2) is 0 Å². The Morgan fingerprint density at radius 2 is 2.12 bits per heavy atom. The Bertz CT molecular complexity index is 213. The summed E-state index contributed by atoms with van der Waals surface area (Å²) in [6.07, 6.45) is 3.51. The zero-order chi connectivity index (χ0) is 12.0. The van der Waals surface area contributed by atoms with Crippen molar-refractivity contribution in [2.45, 2.75) is 39.2 Å². The Balaban J connectivity index is 2.14. The van der Waals surface area contributed by atoms with E-state index in [1.54, 1.807) is 6.92 Å². The van der Waals surface area contributed by atoms with Crippen molar-refractivity contribution in [1.82, 2.24) is 10.2 Å². The normalized spacial score (nSPS) is 20.9. The molecule has 1 heterocycles. The first-order valence-electron chi connectivity index (χ1n) is 6.32. The molecule has 1 fully saturated rings. The lowest BCUT2D eigenvalue weighted by Crippen LogP contribution is -2.44. The molecule has 4 nitrogen and oxygen atoms in total. The summed E-state index contributed by atoms with van der Waals surface area (Å²) in [4.78, 5) is 13.1. The second kappa shape index (κ2) is 6.86. The summed E-state index contributed by atoms with van der Waals surface area (Å²) >= 11 is 0. The van der Waals surface area contributed by atoms with E-state index in [9.17, 15) is 4.79 Å². The predicted molar refractivity (Wildman–Crippen MR) is 64.6 cm³/mol. The topological polar surface area (TPSA) is 52.6 Å². The van der Waals surface area contributed by atoms with E-state index in [-0.39, 0.29) is 5.92 Å². The highest BCUT2D eigenvalue weighted by atomic mass is 16.4. The molecular formula is C12H24N2O2. The summed E-state index contributed by atoms with van der Waals surface area (Å²) < 4.78 is 0. The molecule has 0 aliphatic carbocycles. The van der Waals surface area contributed by atoms with Gasteiger partial charge in [-0.05, 0) is 38.9 Å². The highest BCUT2D eigenvalue weighted by molar-refractivity contribution is 5.69. The molecule has 94 valence electrons. The minimum Gasteiger partial charge on any atom is -0.481 e. The van der Waals surface area contributed by atoms with E-state index in [0.717, 1.165) is 25.9 Å². The van der Waals surface area contributed by atoms with E-state index < -0.39 is 5.97 Å². The summed E-state index contributed by atoms with van der Waals surface area (Å²) in [6.45, 7) is 8.03. The molecule has 1 atom stereocenters. The Labute approximate surface area is 98.0 Å². The van der Waals surface area contributed by atoms with Gasteiger partial charge in [0.25, 0.3) is 0 Å². The number of rotatable bonds is 6. The molecule has 0 amide bonds. The van der Waals surface area contributed by atoms with Crippen LogP contribution in [-0.4, -0.2) is 48.2 Å². The van der Waals surface area contributed by atoms with Gasteiger partial charge in [0.2, 0.25) is 0 Å². The van der Waals surface area contributed by atoms with Crippen LogP contribution in [0.1, 0.15) is 33.1 Å². The van der Waals surface area contributed by atoms with Gasteiger partial charge in [0.1, 0.15) is 0 Å². The van der Waals surface area contributed by atoms with Crippen molar-refractivity contribution in [2.24, 2.45) is 5.92 Å². The van der Waals surface area contributed by atoms with Crippen LogP contribution in [-0.2, 0) is 4.79 Å². The fraction of sp³-hybridized carbons (Fsp3) is 0.917. The Kier molecular flexibility index (Phi) is 5.77. The maximum Gasteiger partial charge on any atom is 0.307 e. The Morgan fingerprint density at radius 3 is 2.62 bits per heavy atom. The van der Waals surface area contributed by atoms with Gasteiger partial charge in [-0.3, -0.25) is 4.79 Å². The molecule has 4 heteroatoms. The van der Waals surface area contributed by atoms with Gasteiger partial charge in [0.05, 0.1) is 5.92 Å². The molecule has 0 bridgehead atoms. The van der Waals surface area contributed by atoms with E-state index in [1.165, 1.54) is 13.0 Å². The van der Waals surface area contributed by atoms with Gasteiger partial charge in [-0.15, -0.1) is 0 Å². The molecule has 1 aliphatic heterocycles. The minimum absolute atomic E-state index is 0.284. The van der Waals surface area contributed by atoms with Crippen molar-refractivity contribution >= 4 is 5.97 Å². The first-order chi connectivity index (χ1) is 7.63. The number of carboxylic acid groups (broad SMARTS) is 1. The predicted octanol–water partition coefficient (Wildman–Crippen LogP) is 1.17. The summed E-state index contributed by atoms with van der Waals surface area (Å²) in [5, 5.41) is 12.1. The van der Waals surface area contributed by atoms with Gasteiger partial charge in [0, 0.05) is 12.6 Å². The third-order valence-corrected chi connectivity index (χ3v) is 3.26. The number of hydrogen-bond donors (Lipinski definition) is 2. The van der Waals surface area contributed by atoms with Crippen LogP contribution in [0, 0.1) is 5.92 Å². The van der Waals surface area contributed by atoms with E-state index >= 15 is 0 Å². The van der Waals surface area contributed by atoms with Crippen molar-refractivity contribution in [3.05, 3.63) is 0 Å². The van der Waals surface area contributed by atoms with Gasteiger partial charge in [-0.2, -0.15) is 0 Å². The fourth-order valence-corrected chi connectivity index (χ4v) is 2.11. The maximum atomic E-state index is 10.7. The second-order valence-corrected chi connectivity index (χ2v) is 4.76. The lowest BCUT2D eigenvalue weighted by Gasteiger charge is -2.32. The molecule has 1 saturated heterocycles. The van der Waals surface area contributed by atoms with Crippen LogP contribution in [0.3, 0.4) is 0 Å². The largest absolute Gasteiger partial charge is 0.481 e. The van der Waals surface area contributed by atoms with Crippen LogP contribution in [0.2, 0.25) is 0 Å². The summed E-state index contributed by atoms with van der Waals surface area (Å²) in [6, 6.07) is 0.509. The van der Waals surface area contributed by atoms with Gasteiger partial charge in [-0.1, -0.05) is 13.8 Å². The average Bonchev–Trinajstić information content (AvgIpc) is 2.28. The second-order valence-electron chi connectivity index (χ2n) is 4.76. The number of aliphatic carboxylic acids is 1. The molecule has 0 spiro atoms. The number of carboxylic acids is 1. The van der Waals surface area contributed by atoms with Crippen molar-refractivity contribution in [2.75, 3.05) is 26.2 Å². The fourth-order valence-electron chi connectivity index (χ4n) is 2.11. The SMILES string of the molecule is CCCN1CCC(NCC(C)C(=O)O)CC1. The quantitative estimate of drug-likeness (QED) is 0.716. The average molecular weight is 228 g/mol. The summed E-state index contributed by atoms with van der Waals surface area (Å²) in [5.41, 5.74) is 0. The number of hydrogen-bond acceptors (Lipinski definition) is 3. The minimum atomic E-state index is -0.712. The molecule has 1 aliphatic rings. The van der Waals surface area contributed by atoms with Crippen LogP contribution in [0.25, 0.3) is 0 Å². The third kappa shape index (κ3) is 4.49. The van der Waals surface area contributed by atoms with Crippen LogP contribution >= 0.6 is 0 Å². The van der Waals surface area contributed by atoms with Gasteiger partial charge < -0.3 is 15.3 Å². The van der Waals surface area contributed by atoms with Gasteiger partial charge in [-0.25, -0.2) is 0 Å². The van der Waals surface area contributed by atoms with E-state index in [0.29, 0.717) is 12.6 Å². The first kappa shape index (κ1) is 13.5. The number of carbonyl (C=O) groups is 1. The van der Waals surface area contributed by atoms with E-state index in [1.807, 2.05) is 0 Å². The highest BCUT2D eigenvalue weighted by Gasteiger charge is 2.19. The molecule has 0 aromatic rings. The highest BCUT2D eigenvalue weighted by Crippen LogP contribution is 2.10. The lowest BCUT2D eigenvalue weighted by molar-refractivity contribution is -0.141. The standard InChI is InChI=1S/C12H24N2O2/c1-3-6-14-7-4-11(5-8-14)13-9-10(2)12(15)16/h10-11,13H,3-9H2,1-2H3,(H,15,16). The molecule has 0 radical (unpaired) electrons. The van der Waals surface area contributed by atoms with Crippen LogP contribution in [0.5, 0.6) is 0 Å². The van der Waals surface area contributed by atoms with Crippen molar-refractivity contribution < 1.29 is 9.90 Å². The zero-order valence-electron chi connectivity index (χ0n) is 10.4. The number of nitrogens with zero attached hydrogens (tertiary/aromatic N) is 1. The molecule has 0 aromatic heterocycles. The molecule has 1 unspecified atom stereocenters. The molecular weight excluding hydrogens is 204 g/mol. The van der Waals surface area contributed by atoms with Gasteiger partial charge in [0.15, 0.2) is 0 Å². The maximum absolute atomic E-state index is 10.7. The summed E-state index contributed by atoms with van der Waals surface area (Å²) in [7, 11) is 0. The van der Waals surface area contributed by atoms with Gasteiger partial charge >= 0.3 is 5.97 Å². The smallest absolute Gasteiger partial charge is 0.307 e. The van der Waals surface area contributed by atoms with Crippen molar-refractivity contribution in [3.8, 4) is 0 Å². The van der Waals surface area contributed by atoms with Crippen molar-refractivity contribution in [3.63, 3.8) is 0 Å². The third-order valence-electron chi connectivity index (χ3n) is 3.26. The van der Waals surface area contributed by atoms with Crippen molar-refractivity contribution in [1.29, 1.82) is 0 Å². The van der Waals surface area contributed by atoms with Crippen LogP contribution < -0.4 is 5.32 Å². The molecule has 1 rings (SSSR count). The van der Waals surface area contributed by atoms with E-state index in [2.05, 4.69) is 17.1 Å². The summed E-state index contributed by atoms with van der Waals surface area (Å²) in [5.74, 6) is -0.996. The number of piperidine rings is 1. The first-order valence-corrected chi connectivity index (χ1v) is 6.32. The van der Waals surface area contributed by atoms with E-state index in [4.69, 9.17) is 5.11 Å². The Hall–Kier alpha value is -0.610. The number of nitrogens with one attached hydrogen (secondary N) is 1. The monoisotopic (exact) mass is 228 g/mol.